The van der Waals surface area contributed by atoms with Gasteiger partial charge in [-0.1, -0.05) is 6.07 Å². The first-order chi connectivity index (χ1) is 14.7. The molecule has 1 saturated carbocycles. The lowest BCUT2D eigenvalue weighted by molar-refractivity contribution is -0.0790. The van der Waals surface area contributed by atoms with Gasteiger partial charge >= 0.3 is 6.18 Å². The van der Waals surface area contributed by atoms with Crippen molar-refractivity contribution in [2.45, 2.75) is 63.3 Å². The van der Waals surface area contributed by atoms with Crippen LogP contribution in [0.3, 0.4) is 0 Å². The van der Waals surface area contributed by atoms with E-state index in [1.807, 2.05) is 0 Å². The number of methoxy groups -OCH3 is 1. The van der Waals surface area contributed by atoms with Crippen molar-refractivity contribution >= 4 is 11.9 Å². The average molecular weight is 433 g/mol. The Balaban J connectivity index is 1.62. The molecule has 0 atom stereocenters. The Morgan fingerprint density at radius 2 is 1.87 bits per heavy atom. The summed E-state index contributed by atoms with van der Waals surface area (Å²) in [7, 11) is 1.73. The SMILES string of the molecule is COC1(C)CC(Nc2nnc(-c3ccc(/C=C/C(F)(F)F)cc3O)c3c2CCCC3)C1. The Hall–Kier alpha value is -2.61. The fraction of sp³-hybridized carbons (Fsp3) is 0.478. The van der Waals surface area contributed by atoms with Crippen LogP contribution in [-0.4, -0.2) is 40.2 Å². The summed E-state index contributed by atoms with van der Waals surface area (Å²) in [6, 6.07) is 4.75. The van der Waals surface area contributed by atoms with Crippen molar-refractivity contribution in [3.05, 3.63) is 41.0 Å². The highest BCUT2D eigenvalue weighted by molar-refractivity contribution is 5.74. The summed E-state index contributed by atoms with van der Waals surface area (Å²) in [5, 5.41) is 22.8. The molecule has 2 aliphatic rings. The number of phenolic OH excluding ortho intramolecular Hbond substituents is 1. The van der Waals surface area contributed by atoms with Crippen molar-refractivity contribution < 1.29 is 23.0 Å². The maximum Gasteiger partial charge on any atom is 0.409 e. The van der Waals surface area contributed by atoms with Crippen molar-refractivity contribution in [3.8, 4) is 17.0 Å². The second-order valence-corrected chi connectivity index (χ2v) is 8.62. The average Bonchev–Trinajstić information content (AvgIpc) is 2.71. The van der Waals surface area contributed by atoms with Gasteiger partial charge in [-0.3, -0.25) is 0 Å². The maximum atomic E-state index is 12.4. The second kappa shape index (κ2) is 8.15. The first-order valence-electron chi connectivity index (χ1n) is 10.5. The van der Waals surface area contributed by atoms with Crippen LogP contribution in [0.2, 0.25) is 0 Å². The number of rotatable bonds is 5. The molecule has 0 aliphatic heterocycles. The topological polar surface area (TPSA) is 67.3 Å². The Bertz CT molecular complexity index is 998. The van der Waals surface area contributed by atoms with Gasteiger partial charge in [0.05, 0.1) is 5.60 Å². The maximum absolute atomic E-state index is 12.4. The van der Waals surface area contributed by atoms with Crippen molar-refractivity contribution in [2.24, 2.45) is 0 Å². The number of benzene rings is 1. The first kappa shape index (κ1) is 21.6. The van der Waals surface area contributed by atoms with E-state index in [-0.39, 0.29) is 29.0 Å². The standard InChI is InChI=1S/C23H26F3N3O2/c1-22(31-2)12-15(13-22)27-21-17-6-4-3-5-16(17)20(28-29-21)18-8-7-14(11-19(18)30)9-10-23(24,25)26/h7-11,15,30H,3-6,12-13H2,1-2H3,(H,27,29)/b10-9+. The largest absolute Gasteiger partial charge is 0.507 e. The van der Waals surface area contributed by atoms with E-state index in [4.69, 9.17) is 4.74 Å². The third-order valence-corrected chi connectivity index (χ3v) is 6.22. The van der Waals surface area contributed by atoms with E-state index in [0.29, 0.717) is 11.3 Å². The van der Waals surface area contributed by atoms with Crippen molar-refractivity contribution in [3.63, 3.8) is 0 Å². The number of allylic oxidation sites excluding steroid dienone is 1. The number of hydrogen-bond acceptors (Lipinski definition) is 5. The molecule has 0 radical (unpaired) electrons. The number of aromatic hydroxyl groups is 1. The van der Waals surface area contributed by atoms with Crippen LogP contribution in [0.1, 0.15) is 49.3 Å². The van der Waals surface area contributed by atoms with E-state index in [1.54, 1.807) is 19.2 Å². The number of halogens is 3. The molecular weight excluding hydrogens is 407 g/mol. The van der Waals surface area contributed by atoms with Crippen molar-refractivity contribution in [1.29, 1.82) is 0 Å². The molecular formula is C23H26F3N3O2. The molecule has 2 aliphatic carbocycles. The summed E-state index contributed by atoms with van der Waals surface area (Å²) in [4.78, 5) is 0. The van der Waals surface area contributed by atoms with Gasteiger partial charge in [-0.05, 0) is 74.8 Å². The number of alkyl halides is 3. The molecule has 31 heavy (non-hydrogen) atoms. The van der Waals surface area contributed by atoms with Crippen LogP contribution in [0.5, 0.6) is 5.75 Å². The summed E-state index contributed by atoms with van der Waals surface area (Å²) in [6.45, 7) is 2.09. The Kier molecular flexibility index (Phi) is 5.68. The molecule has 0 unspecified atom stereocenters. The van der Waals surface area contributed by atoms with E-state index in [2.05, 4.69) is 22.4 Å². The van der Waals surface area contributed by atoms with Gasteiger partial charge in [0.15, 0.2) is 5.82 Å². The molecule has 1 heterocycles. The van der Waals surface area contributed by atoms with Crippen molar-refractivity contribution in [1.82, 2.24) is 10.2 Å². The Morgan fingerprint density at radius 1 is 1.16 bits per heavy atom. The van der Waals surface area contributed by atoms with Gasteiger partial charge in [0.2, 0.25) is 0 Å². The van der Waals surface area contributed by atoms with Gasteiger partial charge < -0.3 is 15.2 Å². The van der Waals surface area contributed by atoms with Crippen LogP contribution < -0.4 is 5.32 Å². The predicted molar refractivity (Wildman–Crippen MR) is 113 cm³/mol. The van der Waals surface area contributed by atoms with Gasteiger partial charge in [0, 0.05) is 30.4 Å². The zero-order chi connectivity index (χ0) is 22.2. The van der Waals surface area contributed by atoms with Gasteiger partial charge in [-0.2, -0.15) is 13.2 Å². The molecule has 1 aromatic heterocycles. The fourth-order valence-corrected chi connectivity index (χ4v) is 4.47. The molecule has 0 amide bonds. The highest BCUT2D eigenvalue weighted by Crippen LogP contribution is 2.40. The van der Waals surface area contributed by atoms with E-state index in [9.17, 15) is 18.3 Å². The minimum Gasteiger partial charge on any atom is -0.507 e. The van der Waals surface area contributed by atoms with E-state index < -0.39 is 6.18 Å². The lowest BCUT2D eigenvalue weighted by Gasteiger charge is -2.44. The molecule has 1 fully saturated rings. The lowest BCUT2D eigenvalue weighted by atomic mass is 9.77. The second-order valence-electron chi connectivity index (χ2n) is 8.62. The monoisotopic (exact) mass is 433 g/mol. The predicted octanol–water partition coefficient (Wildman–Crippen LogP) is 5.28. The molecule has 2 aromatic rings. The molecule has 0 saturated heterocycles. The molecule has 0 spiro atoms. The molecule has 166 valence electrons. The number of ether oxygens (including phenoxy) is 1. The lowest BCUT2D eigenvalue weighted by Crippen LogP contribution is -2.50. The summed E-state index contributed by atoms with van der Waals surface area (Å²) in [6.07, 6.45) is 2.26. The smallest absolute Gasteiger partial charge is 0.409 e. The van der Waals surface area contributed by atoms with Gasteiger partial charge in [0.1, 0.15) is 11.4 Å². The molecule has 4 rings (SSSR count). The zero-order valence-electron chi connectivity index (χ0n) is 17.6. The van der Waals surface area contributed by atoms with Crippen LogP contribution in [-0.2, 0) is 17.6 Å². The van der Waals surface area contributed by atoms with Crippen LogP contribution in [0.15, 0.2) is 24.3 Å². The highest BCUT2D eigenvalue weighted by atomic mass is 19.4. The Morgan fingerprint density at radius 3 is 2.52 bits per heavy atom. The Labute approximate surface area is 179 Å². The van der Waals surface area contributed by atoms with Gasteiger partial charge in [-0.15, -0.1) is 10.2 Å². The van der Waals surface area contributed by atoms with Crippen LogP contribution in [0.25, 0.3) is 17.3 Å². The molecule has 0 bridgehead atoms. The van der Waals surface area contributed by atoms with E-state index in [0.717, 1.165) is 61.5 Å². The first-order valence-corrected chi connectivity index (χ1v) is 10.5. The third kappa shape index (κ3) is 4.69. The van der Waals surface area contributed by atoms with Crippen LogP contribution >= 0.6 is 0 Å². The number of aromatic nitrogens is 2. The summed E-state index contributed by atoms with van der Waals surface area (Å²) in [5.41, 5.74) is 3.41. The van der Waals surface area contributed by atoms with Gasteiger partial charge in [0.25, 0.3) is 0 Å². The number of anilines is 1. The van der Waals surface area contributed by atoms with E-state index >= 15 is 0 Å². The van der Waals surface area contributed by atoms with E-state index in [1.165, 1.54) is 6.07 Å². The molecule has 8 heteroatoms. The van der Waals surface area contributed by atoms with Crippen LogP contribution in [0.4, 0.5) is 19.0 Å². The minimum absolute atomic E-state index is 0.0980. The molecule has 2 N–H and O–H groups in total. The normalized spacial score (nSPS) is 23.5. The minimum atomic E-state index is -4.40. The number of fused-ring (bicyclic) bond motifs is 1. The number of nitrogens with zero attached hydrogens (tertiary/aromatic N) is 2. The summed E-state index contributed by atoms with van der Waals surface area (Å²) < 4.78 is 42.8. The van der Waals surface area contributed by atoms with Gasteiger partial charge in [-0.25, -0.2) is 0 Å². The fourth-order valence-electron chi connectivity index (χ4n) is 4.47. The number of phenols is 1. The van der Waals surface area contributed by atoms with Crippen molar-refractivity contribution in [2.75, 3.05) is 12.4 Å². The zero-order valence-corrected chi connectivity index (χ0v) is 17.6. The van der Waals surface area contributed by atoms with Crippen LogP contribution in [0, 0.1) is 0 Å². The summed E-state index contributed by atoms with van der Waals surface area (Å²) >= 11 is 0. The number of nitrogens with one attached hydrogen (secondary N) is 1. The molecule has 5 nitrogen and oxygen atoms in total. The summed E-state index contributed by atoms with van der Waals surface area (Å²) in [5.74, 6) is 0.674. The highest BCUT2D eigenvalue weighted by Gasteiger charge is 2.41. The molecule has 1 aromatic carbocycles. The third-order valence-electron chi connectivity index (χ3n) is 6.22. The quantitative estimate of drug-likeness (QED) is 0.671. The number of hydrogen-bond donors (Lipinski definition) is 2.